The highest BCUT2D eigenvalue weighted by molar-refractivity contribution is 5.88. The fourth-order valence-corrected chi connectivity index (χ4v) is 2.37. The fraction of sp³-hybridized carbons (Fsp3) is 0.412. The topological polar surface area (TPSA) is 74.0 Å². The van der Waals surface area contributed by atoms with Gasteiger partial charge in [-0.15, -0.1) is 0 Å². The summed E-state index contributed by atoms with van der Waals surface area (Å²) in [5.41, 5.74) is 2.19. The maximum atomic E-state index is 12.0. The Kier molecular flexibility index (Phi) is 5.58. The second kappa shape index (κ2) is 7.64. The van der Waals surface area contributed by atoms with Gasteiger partial charge in [0, 0.05) is 30.1 Å². The lowest BCUT2D eigenvalue weighted by atomic mass is 10.1. The molecule has 0 fully saturated rings. The summed E-state index contributed by atoms with van der Waals surface area (Å²) in [6, 6.07) is 7.52. The molecule has 5 nitrogen and oxygen atoms in total. The summed E-state index contributed by atoms with van der Waals surface area (Å²) in [4.78, 5) is 26.9. The van der Waals surface area contributed by atoms with Gasteiger partial charge in [-0.2, -0.15) is 0 Å². The molecule has 2 rings (SSSR count). The van der Waals surface area contributed by atoms with Crippen LogP contribution in [-0.2, 0) is 16.0 Å². The zero-order chi connectivity index (χ0) is 15.9. The molecule has 2 aromatic rings. The molecule has 1 atom stereocenters. The van der Waals surface area contributed by atoms with E-state index in [9.17, 15) is 9.59 Å². The fourth-order valence-electron chi connectivity index (χ4n) is 2.37. The highest BCUT2D eigenvalue weighted by atomic mass is 16.2. The lowest BCUT2D eigenvalue weighted by Gasteiger charge is -2.13. The third-order valence-corrected chi connectivity index (χ3v) is 3.62. The Bertz CT molecular complexity index is 648. The van der Waals surface area contributed by atoms with Crippen molar-refractivity contribution in [2.75, 3.05) is 6.54 Å². The van der Waals surface area contributed by atoms with Crippen LogP contribution in [0.15, 0.2) is 30.5 Å². The highest BCUT2D eigenvalue weighted by Crippen LogP contribution is 2.18. The van der Waals surface area contributed by atoms with Gasteiger partial charge in [-0.3, -0.25) is 9.59 Å². The van der Waals surface area contributed by atoms with Crippen molar-refractivity contribution in [3.05, 3.63) is 36.0 Å². The molecule has 1 unspecified atom stereocenters. The number of hydrogen-bond acceptors (Lipinski definition) is 2. The van der Waals surface area contributed by atoms with Crippen LogP contribution in [0.25, 0.3) is 10.9 Å². The van der Waals surface area contributed by atoms with E-state index in [1.54, 1.807) is 6.92 Å². The summed E-state index contributed by atoms with van der Waals surface area (Å²) in [6.45, 7) is 4.33. The third kappa shape index (κ3) is 4.10. The SMILES string of the molecule is CCCNC(=O)C(C)NC(=O)CCc1c[nH]c2ccccc12. The van der Waals surface area contributed by atoms with E-state index in [0.29, 0.717) is 19.4 Å². The molecular weight excluding hydrogens is 278 g/mol. The molecule has 1 aromatic heterocycles. The Hall–Kier alpha value is -2.30. The largest absolute Gasteiger partial charge is 0.361 e. The number of aryl methyl sites for hydroxylation is 1. The lowest BCUT2D eigenvalue weighted by molar-refractivity contribution is -0.128. The summed E-state index contributed by atoms with van der Waals surface area (Å²) in [7, 11) is 0. The minimum atomic E-state index is -0.498. The van der Waals surface area contributed by atoms with Crippen LogP contribution < -0.4 is 10.6 Å². The van der Waals surface area contributed by atoms with Crippen LogP contribution in [0.1, 0.15) is 32.3 Å². The molecule has 3 N–H and O–H groups in total. The Labute approximate surface area is 130 Å². The van der Waals surface area contributed by atoms with E-state index in [2.05, 4.69) is 15.6 Å². The number of aromatic nitrogens is 1. The van der Waals surface area contributed by atoms with E-state index in [0.717, 1.165) is 22.9 Å². The number of aromatic amines is 1. The summed E-state index contributed by atoms with van der Waals surface area (Å²) in [5, 5.41) is 6.65. The predicted molar refractivity (Wildman–Crippen MR) is 87.5 cm³/mol. The average Bonchev–Trinajstić information content (AvgIpc) is 2.93. The van der Waals surface area contributed by atoms with Crippen molar-refractivity contribution in [3.63, 3.8) is 0 Å². The Balaban J connectivity index is 1.84. The van der Waals surface area contributed by atoms with Gasteiger partial charge in [0.05, 0.1) is 0 Å². The van der Waals surface area contributed by atoms with E-state index in [1.807, 2.05) is 37.4 Å². The number of carbonyl (C=O) groups is 2. The standard InChI is InChI=1S/C17H23N3O2/c1-3-10-18-17(22)12(2)20-16(21)9-8-13-11-19-15-7-5-4-6-14(13)15/h4-7,11-12,19H,3,8-10H2,1-2H3,(H,18,22)(H,20,21). The average molecular weight is 301 g/mol. The Morgan fingerprint density at radius 2 is 2.05 bits per heavy atom. The van der Waals surface area contributed by atoms with Crippen LogP contribution in [0.3, 0.4) is 0 Å². The van der Waals surface area contributed by atoms with Gasteiger partial charge in [0.2, 0.25) is 11.8 Å². The number of nitrogens with one attached hydrogen (secondary N) is 3. The van der Waals surface area contributed by atoms with Crippen LogP contribution in [-0.4, -0.2) is 29.4 Å². The van der Waals surface area contributed by atoms with Crippen molar-refractivity contribution < 1.29 is 9.59 Å². The molecule has 5 heteroatoms. The minimum Gasteiger partial charge on any atom is -0.361 e. The molecular formula is C17H23N3O2. The molecule has 0 saturated heterocycles. The lowest BCUT2D eigenvalue weighted by Crippen LogP contribution is -2.45. The molecule has 1 heterocycles. The first-order chi connectivity index (χ1) is 10.6. The number of rotatable bonds is 7. The molecule has 0 aliphatic carbocycles. The van der Waals surface area contributed by atoms with Gasteiger partial charge in [-0.25, -0.2) is 0 Å². The molecule has 22 heavy (non-hydrogen) atoms. The number of fused-ring (bicyclic) bond motifs is 1. The van der Waals surface area contributed by atoms with E-state index < -0.39 is 6.04 Å². The quantitative estimate of drug-likeness (QED) is 0.733. The molecule has 118 valence electrons. The predicted octanol–water partition coefficient (Wildman–Crippen LogP) is 2.13. The van der Waals surface area contributed by atoms with Crippen molar-refractivity contribution in [1.82, 2.24) is 15.6 Å². The number of hydrogen-bond donors (Lipinski definition) is 3. The third-order valence-electron chi connectivity index (χ3n) is 3.62. The number of H-pyrrole nitrogens is 1. The van der Waals surface area contributed by atoms with Crippen LogP contribution in [0, 0.1) is 0 Å². The number of amides is 2. The maximum absolute atomic E-state index is 12.0. The van der Waals surface area contributed by atoms with Crippen molar-refractivity contribution in [1.29, 1.82) is 0 Å². The zero-order valence-corrected chi connectivity index (χ0v) is 13.1. The monoisotopic (exact) mass is 301 g/mol. The molecule has 0 aliphatic heterocycles. The second-order valence-corrected chi connectivity index (χ2v) is 5.44. The molecule has 0 aliphatic rings. The van der Waals surface area contributed by atoms with Gasteiger partial charge in [0.15, 0.2) is 0 Å². The summed E-state index contributed by atoms with van der Waals surface area (Å²) >= 11 is 0. The van der Waals surface area contributed by atoms with E-state index >= 15 is 0 Å². The summed E-state index contributed by atoms with van der Waals surface area (Å²) in [5.74, 6) is -0.244. The van der Waals surface area contributed by atoms with Crippen LogP contribution >= 0.6 is 0 Å². The van der Waals surface area contributed by atoms with E-state index in [-0.39, 0.29) is 11.8 Å². The second-order valence-electron chi connectivity index (χ2n) is 5.44. The maximum Gasteiger partial charge on any atom is 0.242 e. The van der Waals surface area contributed by atoms with Crippen molar-refractivity contribution in [2.24, 2.45) is 0 Å². The van der Waals surface area contributed by atoms with Crippen molar-refractivity contribution in [3.8, 4) is 0 Å². The number of para-hydroxylation sites is 1. The van der Waals surface area contributed by atoms with Gasteiger partial charge in [0.25, 0.3) is 0 Å². The van der Waals surface area contributed by atoms with E-state index in [1.165, 1.54) is 0 Å². The van der Waals surface area contributed by atoms with Gasteiger partial charge in [-0.05, 0) is 31.4 Å². The molecule has 0 spiro atoms. The molecule has 2 amide bonds. The van der Waals surface area contributed by atoms with Gasteiger partial charge >= 0.3 is 0 Å². The van der Waals surface area contributed by atoms with Crippen molar-refractivity contribution >= 4 is 22.7 Å². The molecule has 0 bridgehead atoms. The smallest absolute Gasteiger partial charge is 0.242 e. The Morgan fingerprint density at radius 3 is 2.82 bits per heavy atom. The minimum absolute atomic E-state index is 0.107. The van der Waals surface area contributed by atoms with Gasteiger partial charge in [-0.1, -0.05) is 25.1 Å². The van der Waals surface area contributed by atoms with Crippen LogP contribution in [0.2, 0.25) is 0 Å². The zero-order valence-electron chi connectivity index (χ0n) is 13.1. The van der Waals surface area contributed by atoms with E-state index in [4.69, 9.17) is 0 Å². The number of benzene rings is 1. The van der Waals surface area contributed by atoms with Gasteiger partial charge < -0.3 is 15.6 Å². The molecule has 1 aromatic carbocycles. The first-order valence-electron chi connectivity index (χ1n) is 7.74. The normalized spacial score (nSPS) is 12.1. The number of carbonyl (C=O) groups excluding carboxylic acids is 2. The Morgan fingerprint density at radius 1 is 1.27 bits per heavy atom. The summed E-state index contributed by atoms with van der Waals surface area (Å²) in [6.07, 6.45) is 3.84. The van der Waals surface area contributed by atoms with Crippen LogP contribution in [0.4, 0.5) is 0 Å². The molecule has 0 saturated carbocycles. The van der Waals surface area contributed by atoms with Gasteiger partial charge in [0.1, 0.15) is 6.04 Å². The first-order valence-corrected chi connectivity index (χ1v) is 7.74. The molecule has 0 radical (unpaired) electrons. The summed E-state index contributed by atoms with van der Waals surface area (Å²) < 4.78 is 0. The first kappa shape index (κ1) is 16.1. The highest BCUT2D eigenvalue weighted by Gasteiger charge is 2.15. The van der Waals surface area contributed by atoms with Crippen molar-refractivity contribution in [2.45, 2.75) is 39.2 Å². The van der Waals surface area contributed by atoms with Crippen LogP contribution in [0.5, 0.6) is 0 Å².